The molecular weight excluding hydrogens is 404 g/mol. The summed E-state index contributed by atoms with van der Waals surface area (Å²) in [6.45, 7) is 0. The van der Waals surface area contributed by atoms with Gasteiger partial charge in [0.2, 0.25) is 0 Å². The van der Waals surface area contributed by atoms with Crippen molar-refractivity contribution in [2.75, 3.05) is 0 Å². The molecule has 1 aromatic heterocycles. The van der Waals surface area contributed by atoms with E-state index < -0.39 is 5.97 Å². The Bertz CT molecular complexity index is 1300. The third-order valence-electron chi connectivity index (χ3n) is 5.10. The third kappa shape index (κ3) is 4.75. The summed E-state index contributed by atoms with van der Waals surface area (Å²) in [5, 5.41) is 13.5. The van der Waals surface area contributed by atoms with Gasteiger partial charge in [-0.25, -0.2) is 4.68 Å². The minimum atomic E-state index is -0.831. The van der Waals surface area contributed by atoms with Crippen LogP contribution < -0.4 is 10.3 Å². The molecule has 6 nitrogen and oxygen atoms in total. The van der Waals surface area contributed by atoms with E-state index in [1.54, 1.807) is 13.1 Å². The van der Waals surface area contributed by atoms with Crippen LogP contribution in [0.2, 0.25) is 0 Å². The second kappa shape index (κ2) is 9.31. The van der Waals surface area contributed by atoms with E-state index in [1.165, 1.54) is 4.68 Å². The lowest BCUT2D eigenvalue weighted by Gasteiger charge is -2.15. The molecule has 0 unspecified atom stereocenters. The van der Waals surface area contributed by atoms with Gasteiger partial charge < -0.3 is 9.84 Å². The average Bonchev–Trinajstić information content (AvgIpc) is 2.81. The molecule has 4 rings (SSSR count). The molecule has 0 atom stereocenters. The molecule has 0 saturated carbocycles. The number of nitrogens with zero attached hydrogens (tertiary/aromatic N) is 2. The van der Waals surface area contributed by atoms with E-state index in [9.17, 15) is 9.59 Å². The molecule has 3 aromatic carbocycles. The Balaban J connectivity index is 1.77. The van der Waals surface area contributed by atoms with Gasteiger partial charge >= 0.3 is 5.97 Å². The SMILES string of the molecule is Cn1nc(-c2ccccc2Oc2ccccc2)c(-c2ccc(CCC(=O)O)cc2)cc1=O. The predicted molar refractivity (Wildman–Crippen MR) is 123 cm³/mol. The molecule has 6 heteroatoms. The van der Waals surface area contributed by atoms with Gasteiger partial charge in [-0.3, -0.25) is 9.59 Å². The van der Waals surface area contributed by atoms with Crippen LogP contribution in [0.25, 0.3) is 22.4 Å². The predicted octanol–water partition coefficient (Wildman–Crippen LogP) is 4.92. The summed E-state index contributed by atoms with van der Waals surface area (Å²) >= 11 is 0. The van der Waals surface area contributed by atoms with E-state index in [4.69, 9.17) is 9.84 Å². The average molecular weight is 426 g/mol. The van der Waals surface area contributed by atoms with E-state index >= 15 is 0 Å². The number of carbonyl (C=O) groups is 1. The van der Waals surface area contributed by atoms with Gasteiger partial charge in [-0.15, -0.1) is 0 Å². The summed E-state index contributed by atoms with van der Waals surface area (Å²) in [5.74, 6) is 0.500. The lowest BCUT2D eigenvalue weighted by atomic mass is 9.97. The maximum absolute atomic E-state index is 12.4. The smallest absolute Gasteiger partial charge is 0.303 e. The number of hydrogen-bond acceptors (Lipinski definition) is 4. The number of ether oxygens (including phenoxy) is 1. The highest BCUT2D eigenvalue weighted by molar-refractivity contribution is 5.83. The highest BCUT2D eigenvalue weighted by Gasteiger charge is 2.16. The number of aryl methyl sites for hydroxylation is 2. The number of aliphatic carboxylic acids is 1. The quantitative estimate of drug-likeness (QED) is 0.453. The topological polar surface area (TPSA) is 81.4 Å². The van der Waals surface area contributed by atoms with Gasteiger partial charge in [-0.05, 0) is 41.8 Å². The molecule has 160 valence electrons. The molecule has 0 spiro atoms. The Kier molecular flexibility index (Phi) is 6.12. The second-order valence-corrected chi connectivity index (χ2v) is 7.37. The van der Waals surface area contributed by atoms with Crippen molar-refractivity contribution in [1.82, 2.24) is 9.78 Å². The molecule has 1 N–H and O–H groups in total. The van der Waals surface area contributed by atoms with Crippen LogP contribution in [0, 0.1) is 0 Å². The largest absolute Gasteiger partial charge is 0.481 e. The molecule has 0 bridgehead atoms. The minimum absolute atomic E-state index is 0.0717. The van der Waals surface area contributed by atoms with E-state index in [2.05, 4.69) is 5.10 Å². The molecule has 4 aromatic rings. The monoisotopic (exact) mass is 426 g/mol. The van der Waals surface area contributed by atoms with Crippen molar-refractivity contribution in [2.45, 2.75) is 12.8 Å². The van der Waals surface area contributed by atoms with Crippen molar-refractivity contribution in [3.63, 3.8) is 0 Å². The maximum atomic E-state index is 12.4. The van der Waals surface area contributed by atoms with Gasteiger partial charge in [0.15, 0.2) is 0 Å². The number of aromatic nitrogens is 2. The molecule has 0 aliphatic carbocycles. The lowest BCUT2D eigenvalue weighted by Crippen LogP contribution is -2.19. The second-order valence-electron chi connectivity index (χ2n) is 7.37. The summed E-state index contributed by atoms with van der Waals surface area (Å²) in [4.78, 5) is 23.3. The molecule has 1 heterocycles. The first-order chi connectivity index (χ1) is 15.5. The summed E-state index contributed by atoms with van der Waals surface area (Å²) in [7, 11) is 1.62. The van der Waals surface area contributed by atoms with Crippen LogP contribution in [0.15, 0.2) is 89.7 Å². The van der Waals surface area contributed by atoms with Gasteiger partial charge in [0, 0.05) is 30.7 Å². The number of hydrogen-bond donors (Lipinski definition) is 1. The normalized spacial score (nSPS) is 10.7. The van der Waals surface area contributed by atoms with Crippen molar-refractivity contribution >= 4 is 5.97 Å². The summed E-state index contributed by atoms with van der Waals surface area (Å²) in [5.41, 5.74) is 3.58. The zero-order valence-electron chi connectivity index (χ0n) is 17.6. The fraction of sp³-hybridized carbons (Fsp3) is 0.115. The summed E-state index contributed by atoms with van der Waals surface area (Å²) in [6.07, 6.45) is 0.521. The van der Waals surface area contributed by atoms with Crippen molar-refractivity contribution < 1.29 is 14.6 Å². The van der Waals surface area contributed by atoms with Gasteiger partial charge in [-0.1, -0.05) is 54.6 Å². The van der Waals surface area contributed by atoms with Crippen LogP contribution in [0.1, 0.15) is 12.0 Å². The van der Waals surface area contributed by atoms with Crippen LogP contribution in [-0.2, 0) is 18.3 Å². The van der Waals surface area contributed by atoms with Crippen LogP contribution in [-0.4, -0.2) is 20.9 Å². The van der Waals surface area contributed by atoms with Crippen molar-refractivity contribution in [3.05, 3.63) is 101 Å². The first kappa shape index (κ1) is 21.1. The number of para-hydroxylation sites is 2. The standard InChI is InChI=1S/C26H22N2O4/c1-28-24(29)17-22(19-14-11-18(12-15-19)13-16-25(30)31)26(27-28)21-9-5-6-10-23(21)32-20-7-3-2-4-8-20/h2-12,14-15,17H,13,16H2,1H3,(H,30,31). The van der Waals surface area contributed by atoms with Crippen LogP contribution >= 0.6 is 0 Å². The highest BCUT2D eigenvalue weighted by atomic mass is 16.5. The Morgan fingerprint density at radius 1 is 0.938 bits per heavy atom. The minimum Gasteiger partial charge on any atom is -0.481 e. The van der Waals surface area contributed by atoms with Crippen molar-refractivity contribution in [3.8, 4) is 33.9 Å². The number of rotatable bonds is 7. The van der Waals surface area contributed by atoms with Gasteiger partial charge in [0.05, 0.1) is 0 Å². The van der Waals surface area contributed by atoms with Crippen LogP contribution in [0.4, 0.5) is 0 Å². The van der Waals surface area contributed by atoms with Crippen molar-refractivity contribution in [1.29, 1.82) is 0 Å². The zero-order chi connectivity index (χ0) is 22.5. The molecule has 0 radical (unpaired) electrons. The van der Waals surface area contributed by atoms with Crippen molar-refractivity contribution in [2.24, 2.45) is 7.05 Å². The molecular formula is C26H22N2O4. The molecule has 32 heavy (non-hydrogen) atoms. The highest BCUT2D eigenvalue weighted by Crippen LogP contribution is 2.37. The van der Waals surface area contributed by atoms with E-state index in [0.717, 1.165) is 16.7 Å². The molecule has 0 aliphatic heterocycles. The van der Waals surface area contributed by atoms with E-state index in [-0.39, 0.29) is 12.0 Å². The Morgan fingerprint density at radius 2 is 1.62 bits per heavy atom. The number of benzene rings is 3. The Morgan fingerprint density at radius 3 is 2.34 bits per heavy atom. The van der Waals surface area contributed by atoms with Crippen LogP contribution in [0.5, 0.6) is 11.5 Å². The first-order valence-electron chi connectivity index (χ1n) is 10.2. The zero-order valence-corrected chi connectivity index (χ0v) is 17.6. The summed E-state index contributed by atoms with van der Waals surface area (Å²) in [6, 6.07) is 26.2. The van der Waals surface area contributed by atoms with Gasteiger partial charge in [0.25, 0.3) is 5.56 Å². The van der Waals surface area contributed by atoms with Crippen LogP contribution in [0.3, 0.4) is 0 Å². The summed E-state index contributed by atoms with van der Waals surface area (Å²) < 4.78 is 7.42. The van der Waals surface area contributed by atoms with E-state index in [0.29, 0.717) is 29.2 Å². The Labute approximate surface area is 185 Å². The third-order valence-corrected chi connectivity index (χ3v) is 5.10. The number of carboxylic acids is 1. The Hall–Kier alpha value is -4.19. The fourth-order valence-electron chi connectivity index (χ4n) is 3.43. The number of carboxylic acid groups (broad SMARTS) is 1. The van der Waals surface area contributed by atoms with Gasteiger partial charge in [0.1, 0.15) is 17.2 Å². The lowest BCUT2D eigenvalue weighted by molar-refractivity contribution is -0.136. The maximum Gasteiger partial charge on any atom is 0.303 e. The molecule has 0 aliphatic rings. The fourth-order valence-corrected chi connectivity index (χ4v) is 3.43. The van der Waals surface area contributed by atoms with E-state index in [1.807, 2.05) is 78.9 Å². The van der Waals surface area contributed by atoms with Gasteiger partial charge in [-0.2, -0.15) is 5.10 Å². The first-order valence-corrected chi connectivity index (χ1v) is 10.2. The molecule has 0 saturated heterocycles. The molecule has 0 amide bonds. The molecule has 0 fully saturated rings.